The molecule has 1 heterocycles. The average molecular weight is 332 g/mol. The molecule has 0 unspecified atom stereocenters. The summed E-state index contributed by atoms with van der Waals surface area (Å²) in [6.45, 7) is 1.55. The number of benzene rings is 2. The Balaban J connectivity index is 2.04. The Morgan fingerprint density at radius 1 is 1.26 bits per heavy atom. The number of aromatic nitrogens is 2. The van der Waals surface area contributed by atoms with Crippen LogP contribution < -0.4 is 4.72 Å². The van der Waals surface area contributed by atoms with Crippen LogP contribution in [0.5, 0.6) is 0 Å². The van der Waals surface area contributed by atoms with Crippen LogP contribution in [-0.2, 0) is 10.0 Å². The number of sulfonamides is 1. The highest BCUT2D eigenvalue weighted by atomic mass is 32.2. The summed E-state index contributed by atoms with van der Waals surface area (Å²) in [6, 6.07) is 8.84. The number of anilines is 1. The number of nitrogens with zero attached hydrogens (tertiary/aromatic N) is 2. The van der Waals surface area contributed by atoms with Crippen LogP contribution in [0.3, 0.4) is 0 Å². The van der Waals surface area contributed by atoms with Crippen LogP contribution in [0, 0.1) is 17.0 Å². The number of nitrogens with one attached hydrogen (secondary N) is 2. The van der Waals surface area contributed by atoms with E-state index in [-0.39, 0.29) is 10.6 Å². The molecule has 0 fully saturated rings. The second-order valence-electron chi connectivity index (χ2n) is 4.95. The number of H-pyrrole nitrogens is 1. The molecule has 0 amide bonds. The number of hydrogen-bond donors (Lipinski definition) is 2. The molecule has 118 valence electrons. The molecule has 0 saturated carbocycles. The zero-order valence-corrected chi connectivity index (χ0v) is 12.8. The smallest absolute Gasteiger partial charge is 0.273 e. The van der Waals surface area contributed by atoms with Crippen LogP contribution in [0.2, 0.25) is 0 Å². The normalized spacial score (nSPS) is 11.5. The fourth-order valence-electron chi connectivity index (χ4n) is 2.21. The summed E-state index contributed by atoms with van der Waals surface area (Å²) in [5, 5.41) is 18.3. The molecule has 2 aromatic carbocycles. The molecular weight excluding hydrogens is 320 g/mol. The molecule has 0 radical (unpaired) electrons. The maximum atomic E-state index is 12.5. The van der Waals surface area contributed by atoms with E-state index >= 15 is 0 Å². The van der Waals surface area contributed by atoms with E-state index in [0.717, 1.165) is 11.5 Å². The fraction of sp³-hybridized carbons (Fsp3) is 0.0714. The SMILES string of the molecule is Cc1ccc(S(=O)(=O)Nc2cccc3cn[nH]c23)cc1[N+](=O)[O-]. The number of para-hydroxylation sites is 1. The molecule has 8 nitrogen and oxygen atoms in total. The zero-order chi connectivity index (χ0) is 16.6. The Hall–Kier alpha value is -2.94. The second kappa shape index (κ2) is 5.36. The lowest BCUT2D eigenvalue weighted by Crippen LogP contribution is -2.13. The van der Waals surface area contributed by atoms with Gasteiger partial charge in [0.15, 0.2) is 0 Å². The lowest BCUT2D eigenvalue weighted by atomic mass is 10.2. The Morgan fingerprint density at radius 3 is 2.78 bits per heavy atom. The van der Waals surface area contributed by atoms with Crippen LogP contribution in [0.15, 0.2) is 47.5 Å². The van der Waals surface area contributed by atoms with Gasteiger partial charge in [0.1, 0.15) is 0 Å². The van der Waals surface area contributed by atoms with Gasteiger partial charge in [-0.15, -0.1) is 0 Å². The molecule has 0 aliphatic rings. The highest BCUT2D eigenvalue weighted by Gasteiger charge is 2.20. The van der Waals surface area contributed by atoms with Crippen molar-refractivity contribution in [2.45, 2.75) is 11.8 Å². The quantitative estimate of drug-likeness (QED) is 0.562. The second-order valence-corrected chi connectivity index (χ2v) is 6.63. The molecule has 2 N–H and O–H groups in total. The van der Waals surface area contributed by atoms with Gasteiger partial charge in [-0.2, -0.15) is 5.10 Å². The van der Waals surface area contributed by atoms with Crippen molar-refractivity contribution in [3.05, 3.63) is 58.3 Å². The van der Waals surface area contributed by atoms with Crippen LogP contribution in [0.1, 0.15) is 5.56 Å². The van der Waals surface area contributed by atoms with E-state index in [0.29, 0.717) is 16.8 Å². The number of hydrogen-bond acceptors (Lipinski definition) is 5. The Morgan fingerprint density at radius 2 is 2.04 bits per heavy atom. The number of aryl methyl sites for hydroxylation is 1. The predicted molar refractivity (Wildman–Crippen MR) is 84.7 cm³/mol. The van der Waals surface area contributed by atoms with Crippen molar-refractivity contribution >= 4 is 32.3 Å². The topological polar surface area (TPSA) is 118 Å². The summed E-state index contributed by atoms with van der Waals surface area (Å²) in [4.78, 5) is 10.2. The fourth-order valence-corrected chi connectivity index (χ4v) is 3.30. The van der Waals surface area contributed by atoms with Gasteiger partial charge in [-0.05, 0) is 19.1 Å². The summed E-state index contributed by atoms with van der Waals surface area (Å²) in [6.07, 6.45) is 1.57. The van der Waals surface area contributed by atoms with E-state index in [9.17, 15) is 18.5 Å². The molecule has 0 spiro atoms. The first kappa shape index (κ1) is 15.0. The first-order valence-electron chi connectivity index (χ1n) is 6.58. The van der Waals surface area contributed by atoms with Crippen molar-refractivity contribution in [3.8, 4) is 0 Å². The maximum absolute atomic E-state index is 12.5. The molecule has 9 heteroatoms. The summed E-state index contributed by atoms with van der Waals surface area (Å²) in [7, 11) is -3.96. The highest BCUT2D eigenvalue weighted by Crippen LogP contribution is 2.26. The number of rotatable bonds is 4. The highest BCUT2D eigenvalue weighted by molar-refractivity contribution is 7.92. The molecule has 0 bridgehead atoms. The van der Waals surface area contributed by atoms with Gasteiger partial charge < -0.3 is 0 Å². The van der Waals surface area contributed by atoms with Gasteiger partial charge in [-0.25, -0.2) is 8.42 Å². The van der Waals surface area contributed by atoms with Crippen molar-refractivity contribution < 1.29 is 13.3 Å². The van der Waals surface area contributed by atoms with Gasteiger partial charge in [-0.1, -0.05) is 18.2 Å². The van der Waals surface area contributed by atoms with Gasteiger partial charge in [0, 0.05) is 17.0 Å². The summed E-state index contributed by atoms with van der Waals surface area (Å²) < 4.78 is 27.4. The maximum Gasteiger partial charge on any atom is 0.273 e. The lowest BCUT2D eigenvalue weighted by Gasteiger charge is -2.09. The van der Waals surface area contributed by atoms with Gasteiger partial charge in [0.25, 0.3) is 15.7 Å². The Bertz CT molecular complexity index is 1010. The predicted octanol–water partition coefficient (Wildman–Crippen LogP) is 2.58. The summed E-state index contributed by atoms with van der Waals surface area (Å²) in [5.41, 5.74) is 1.01. The van der Waals surface area contributed by atoms with E-state index in [1.54, 1.807) is 31.3 Å². The minimum atomic E-state index is -3.96. The van der Waals surface area contributed by atoms with E-state index in [4.69, 9.17) is 0 Å². The van der Waals surface area contributed by atoms with Gasteiger partial charge in [0.2, 0.25) is 0 Å². The third-order valence-corrected chi connectivity index (χ3v) is 4.77. The molecule has 0 aliphatic heterocycles. The standard InChI is InChI=1S/C14H12N4O4S/c1-9-5-6-11(7-13(9)18(19)20)23(21,22)17-12-4-2-3-10-8-15-16-14(10)12/h2-8,17H,1H3,(H,15,16). The first-order valence-corrected chi connectivity index (χ1v) is 8.07. The van der Waals surface area contributed by atoms with Crippen molar-refractivity contribution in [1.29, 1.82) is 0 Å². The molecule has 3 aromatic rings. The summed E-state index contributed by atoms with van der Waals surface area (Å²) >= 11 is 0. The van der Waals surface area contributed by atoms with Crippen LogP contribution in [0.4, 0.5) is 11.4 Å². The van der Waals surface area contributed by atoms with E-state index < -0.39 is 14.9 Å². The van der Waals surface area contributed by atoms with E-state index in [1.165, 1.54) is 12.1 Å². The third-order valence-electron chi connectivity index (χ3n) is 3.41. The zero-order valence-electron chi connectivity index (χ0n) is 12.0. The van der Waals surface area contributed by atoms with Crippen molar-refractivity contribution in [3.63, 3.8) is 0 Å². The third kappa shape index (κ3) is 2.73. The average Bonchev–Trinajstić information content (AvgIpc) is 2.96. The number of aromatic amines is 1. The first-order chi connectivity index (χ1) is 10.9. The largest absolute Gasteiger partial charge is 0.277 e. The monoisotopic (exact) mass is 332 g/mol. The van der Waals surface area contributed by atoms with Crippen LogP contribution >= 0.6 is 0 Å². The molecule has 0 saturated heterocycles. The Labute approximate surface area is 131 Å². The molecule has 1 aromatic heterocycles. The minimum absolute atomic E-state index is 0.175. The van der Waals surface area contributed by atoms with Gasteiger partial charge in [-0.3, -0.25) is 19.9 Å². The van der Waals surface area contributed by atoms with Crippen LogP contribution in [-0.4, -0.2) is 23.5 Å². The number of fused-ring (bicyclic) bond motifs is 1. The molecule has 23 heavy (non-hydrogen) atoms. The molecule has 3 rings (SSSR count). The van der Waals surface area contributed by atoms with Crippen molar-refractivity contribution in [1.82, 2.24) is 10.2 Å². The van der Waals surface area contributed by atoms with Crippen LogP contribution in [0.25, 0.3) is 10.9 Å². The number of nitro benzene ring substituents is 1. The Kier molecular flexibility index (Phi) is 3.49. The van der Waals surface area contributed by atoms with Gasteiger partial charge in [0.05, 0.1) is 27.2 Å². The molecule has 0 atom stereocenters. The van der Waals surface area contributed by atoms with Gasteiger partial charge >= 0.3 is 0 Å². The lowest BCUT2D eigenvalue weighted by molar-refractivity contribution is -0.385. The molecular formula is C14H12N4O4S. The summed E-state index contributed by atoms with van der Waals surface area (Å²) in [5.74, 6) is 0. The van der Waals surface area contributed by atoms with Crippen molar-refractivity contribution in [2.24, 2.45) is 0 Å². The number of nitro groups is 1. The van der Waals surface area contributed by atoms with E-state index in [1.807, 2.05) is 0 Å². The minimum Gasteiger partial charge on any atom is -0.277 e. The van der Waals surface area contributed by atoms with Crippen molar-refractivity contribution in [2.75, 3.05) is 4.72 Å². The molecule has 0 aliphatic carbocycles. The van der Waals surface area contributed by atoms with E-state index in [2.05, 4.69) is 14.9 Å².